The number of nitro groups is 1. The number of nitrogens with zero attached hydrogens (tertiary/aromatic N) is 1. The van der Waals surface area contributed by atoms with Gasteiger partial charge in [0.1, 0.15) is 11.4 Å². The highest BCUT2D eigenvalue weighted by Gasteiger charge is 2.11. The number of anilines is 1. The highest BCUT2D eigenvalue weighted by molar-refractivity contribution is 5.60. The van der Waals surface area contributed by atoms with Gasteiger partial charge in [-0.1, -0.05) is 26.2 Å². The lowest BCUT2D eigenvalue weighted by molar-refractivity contribution is -0.383. The van der Waals surface area contributed by atoms with Crippen molar-refractivity contribution >= 4 is 11.4 Å². The molecule has 1 aromatic rings. The van der Waals surface area contributed by atoms with Crippen LogP contribution < -0.4 is 10.5 Å². The number of rotatable bonds is 7. The second-order valence-corrected chi connectivity index (χ2v) is 3.89. The van der Waals surface area contributed by atoms with E-state index in [-0.39, 0.29) is 11.4 Å². The summed E-state index contributed by atoms with van der Waals surface area (Å²) >= 11 is 0. The molecule has 0 saturated carbocycles. The van der Waals surface area contributed by atoms with Gasteiger partial charge < -0.3 is 10.5 Å². The Morgan fingerprint density at radius 1 is 1.35 bits per heavy atom. The predicted molar refractivity (Wildman–Crippen MR) is 67.1 cm³/mol. The summed E-state index contributed by atoms with van der Waals surface area (Å²) in [6, 6.07) is 4.45. The largest absolute Gasteiger partial charge is 0.494 e. The smallest absolute Gasteiger partial charge is 0.292 e. The summed E-state index contributed by atoms with van der Waals surface area (Å²) in [7, 11) is 0. The van der Waals surface area contributed by atoms with Gasteiger partial charge in [0.25, 0.3) is 5.69 Å². The fourth-order valence-electron chi connectivity index (χ4n) is 1.51. The Morgan fingerprint density at radius 3 is 2.71 bits per heavy atom. The molecule has 0 aliphatic carbocycles. The minimum Gasteiger partial charge on any atom is -0.494 e. The van der Waals surface area contributed by atoms with Crippen LogP contribution in [0.4, 0.5) is 11.4 Å². The number of benzene rings is 1. The Kier molecular flexibility index (Phi) is 5.26. The van der Waals surface area contributed by atoms with Crippen LogP contribution in [0.3, 0.4) is 0 Å². The summed E-state index contributed by atoms with van der Waals surface area (Å²) in [5.41, 5.74) is 5.61. The number of nitro benzene ring substituents is 1. The average molecular weight is 238 g/mol. The van der Waals surface area contributed by atoms with Gasteiger partial charge in [0.2, 0.25) is 0 Å². The molecule has 17 heavy (non-hydrogen) atoms. The maximum atomic E-state index is 10.6. The summed E-state index contributed by atoms with van der Waals surface area (Å²) in [6.07, 6.45) is 4.51. The summed E-state index contributed by atoms with van der Waals surface area (Å²) in [4.78, 5) is 10.1. The molecule has 0 aliphatic heterocycles. The van der Waals surface area contributed by atoms with E-state index in [0.717, 1.165) is 12.8 Å². The first-order chi connectivity index (χ1) is 8.15. The van der Waals surface area contributed by atoms with Crippen molar-refractivity contribution in [1.82, 2.24) is 0 Å². The van der Waals surface area contributed by atoms with Crippen LogP contribution in [0.25, 0.3) is 0 Å². The second kappa shape index (κ2) is 6.73. The molecule has 1 rings (SSSR count). The average Bonchev–Trinajstić information content (AvgIpc) is 2.28. The van der Waals surface area contributed by atoms with Gasteiger partial charge in [0.05, 0.1) is 11.5 Å². The lowest BCUT2D eigenvalue weighted by atomic mass is 10.2. The highest BCUT2D eigenvalue weighted by Crippen LogP contribution is 2.26. The molecule has 1 aromatic carbocycles. The van der Waals surface area contributed by atoms with Gasteiger partial charge in [-0.05, 0) is 12.5 Å². The fraction of sp³-hybridized carbons (Fsp3) is 0.500. The van der Waals surface area contributed by atoms with Crippen molar-refractivity contribution in [2.75, 3.05) is 12.3 Å². The van der Waals surface area contributed by atoms with E-state index in [4.69, 9.17) is 10.5 Å². The van der Waals surface area contributed by atoms with Crippen LogP contribution in [0.15, 0.2) is 18.2 Å². The summed E-state index contributed by atoms with van der Waals surface area (Å²) < 4.78 is 5.47. The molecule has 5 nitrogen and oxygen atoms in total. The standard InChI is InChI=1S/C12H18N2O3/c1-2-3-4-5-8-17-10-6-7-12(14(15)16)11(13)9-10/h6-7,9H,2-5,8,13H2,1H3. The van der Waals surface area contributed by atoms with E-state index < -0.39 is 4.92 Å². The SMILES string of the molecule is CCCCCCOc1ccc([N+](=O)[O-])c(N)c1. The van der Waals surface area contributed by atoms with Crippen molar-refractivity contribution in [2.24, 2.45) is 0 Å². The minimum absolute atomic E-state index is 0.0802. The van der Waals surface area contributed by atoms with E-state index in [1.54, 1.807) is 6.07 Å². The van der Waals surface area contributed by atoms with Gasteiger partial charge in [-0.2, -0.15) is 0 Å². The van der Waals surface area contributed by atoms with Crippen LogP contribution in [-0.4, -0.2) is 11.5 Å². The predicted octanol–water partition coefficient (Wildman–Crippen LogP) is 3.14. The normalized spacial score (nSPS) is 10.2. The van der Waals surface area contributed by atoms with E-state index in [2.05, 4.69) is 6.92 Å². The molecule has 0 spiro atoms. The van der Waals surface area contributed by atoms with E-state index >= 15 is 0 Å². The van der Waals surface area contributed by atoms with Crippen molar-refractivity contribution < 1.29 is 9.66 Å². The van der Waals surface area contributed by atoms with Crippen molar-refractivity contribution in [1.29, 1.82) is 0 Å². The highest BCUT2D eigenvalue weighted by atomic mass is 16.6. The third-order valence-electron chi connectivity index (χ3n) is 2.46. The van der Waals surface area contributed by atoms with E-state index in [9.17, 15) is 10.1 Å². The molecule has 5 heteroatoms. The van der Waals surface area contributed by atoms with Crippen LogP contribution in [0.2, 0.25) is 0 Å². The van der Waals surface area contributed by atoms with Gasteiger partial charge in [0.15, 0.2) is 0 Å². The van der Waals surface area contributed by atoms with Crippen molar-refractivity contribution in [3.63, 3.8) is 0 Å². The molecule has 0 aliphatic rings. The topological polar surface area (TPSA) is 78.4 Å². The van der Waals surface area contributed by atoms with Gasteiger partial charge in [-0.3, -0.25) is 10.1 Å². The summed E-state index contributed by atoms with van der Waals surface area (Å²) in [5.74, 6) is 0.588. The number of nitrogen functional groups attached to an aromatic ring is 1. The van der Waals surface area contributed by atoms with Crippen LogP contribution in [0, 0.1) is 10.1 Å². The first-order valence-corrected chi connectivity index (χ1v) is 5.82. The Morgan fingerprint density at radius 2 is 2.12 bits per heavy atom. The number of hydrogen-bond acceptors (Lipinski definition) is 4. The molecule has 0 radical (unpaired) electrons. The van der Waals surface area contributed by atoms with E-state index in [1.165, 1.54) is 25.0 Å². The minimum atomic E-state index is -0.500. The quantitative estimate of drug-likeness (QED) is 0.342. The first-order valence-electron chi connectivity index (χ1n) is 5.82. The monoisotopic (exact) mass is 238 g/mol. The third kappa shape index (κ3) is 4.30. The maximum Gasteiger partial charge on any atom is 0.292 e. The molecule has 0 fully saturated rings. The molecule has 0 amide bonds. The number of ether oxygens (including phenoxy) is 1. The molecule has 2 N–H and O–H groups in total. The van der Waals surface area contributed by atoms with Gasteiger partial charge in [0, 0.05) is 12.1 Å². The number of unbranched alkanes of at least 4 members (excludes halogenated alkanes) is 3. The van der Waals surface area contributed by atoms with Crippen molar-refractivity contribution in [3.8, 4) is 5.75 Å². The van der Waals surface area contributed by atoms with Crippen LogP contribution in [0.5, 0.6) is 5.75 Å². The lowest BCUT2D eigenvalue weighted by Crippen LogP contribution is -2.00. The molecule has 0 unspecified atom stereocenters. The molecule has 0 bridgehead atoms. The molecule has 94 valence electrons. The fourth-order valence-corrected chi connectivity index (χ4v) is 1.51. The number of nitrogens with two attached hydrogens (primary N) is 1. The van der Waals surface area contributed by atoms with Crippen molar-refractivity contribution in [3.05, 3.63) is 28.3 Å². The first kappa shape index (κ1) is 13.3. The molecule has 0 atom stereocenters. The lowest BCUT2D eigenvalue weighted by Gasteiger charge is -2.06. The molecular formula is C12H18N2O3. The van der Waals surface area contributed by atoms with E-state index in [1.807, 2.05) is 0 Å². The Hall–Kier alpha value is -1.78. The maximum absolute atomic E-state index is 10.6. The van der Waals surface area contributed by atoms with Crippen LogP contribution in [0.1, 0.15) is 32.6 Å². The van der Waals surface area contributed by atoms with Gasteiger partial charge >= 0.3 is 0 Å². The van der Waals surface area contributed by atoms with Crippen molar-refractivity contribution in [2.45, 2.75) is 32.6 Å². The van der Waals surface area contributed by atoms with Gasteiger partial charge in [-0.25, -0.2) is 0 Å². The van der Waals surface area contributed by atoms with Gasteiger partial charge in [-0.15, -0.1) is 0 Å². The molecule has 0 heterocycles. The molecule has 0 aromatic heterocycles. The molecular weight excluding hydrogens is 220 g/mol. The zero-order valence-corrected chi connectivity index (χ0v) is 10.0. The molecule has 0 saturated heterocycles. The van der Waals surface area contributed by atoms with E-state index in [0.29, 0.717) is 12.4 Å². The Balaban J connectivity index is 2.45. The zero-order valence-electron chi connectivity index (χ0n) is 10.0. The Labute approximate surface area is 101 Å². The number of hydrogen-bond donors (Lipinski definition) is 1. The summed E-state index contributed by atoms with van der Waals surface area (Å²) in [5, 5.41) is 10.6. The van der Waals surface area contributed by atoms with Crippen LogP contribution >= 0.6 is 0 Å². The van der Waals surface area contributed by atoms with Crippen LogP contribution in [-0.2, 0) is 0 Å². The summed E-state index contributed by atoms with van der Waals surface area (Å²) in [6.45, 7) is 2.77. The third-order valence-corrected chi connectivity index (χ3v) is 2.46. The Bertz CT molecular complexity index is 380. The second-order valence-electron chi connectivity index (χ2n) is 3.89. The zero-order chi connectivity index (χ0) is 12.7.